The van der Waals surface area contributed by atoms with Crippen molar-refractivity contribution >= 4 is 24.2 Å². The van der Waals surface area contributed by atoms with Crippen molar-refractivity contribution in [3.63, 3.8) is 0 Å². The molecule has 1 aromatic rings. The zero-order valence-corrected chi connectivity index (χ0v) is 11.2. The standard InChI is InChI=1S/C12H17N3O2.ClH/c1-12(13,9-6-4-3-5-7-9)11(17)15-8-10(16)14-2;/h3-7H,8,13H2,1-2H3,(H,14,16)(H,15,17);1H. The Kier molecular flexibility index (Phi) is 6.36. The molecule has 5 nitrogen and oxygen atoms in total. The minimum absolute atomic E-state index is 0. The Morgan fingerprint density at radius 1 is 1.28 bits per heavy atom. The van der Waals surface area contributed by atoms with Gasteiger partial charge in [0, 0.05) is 7.05 Å². The highest BCUT2D eigenvalue weighted by Crippen LogP contribution is 2.16. The lowest BCUT2D eigenvalue weighted by molar-refractivity contribution is -0.129. The van der Waals surface area contributed by atoms with E-state index < -0.39 is 5.54 Å². The molecule has 0 aliphatic carbocycles. The van der Waals surface area contributed by atoms with E-state index in [9.17, 15) is 9.59 Å². The number of benzene rings is 1. The maximum atomic E-state index is 11.9. The number of nitrogens with two attached hydrogens (primary N) is 1. The highest BCUT2D eigenvalue weighted by Gasteiger charge is 2.30. The fourth-order valence-corrected chi connectivity index (χ4v) is 1.35. The van der Waals surface area contributed by atoms with Crippen LogP contribution in [0.15, 0.2) is 30.3 Å². The molecule has 4 N–H and O–H groups in total. The SMILES string of the molecule is CNC(=O)CNC(=O)C(C)(N)c1ccccc1.Cl. The fraction of sp³-hybridized carbons (Fsp3) is 0.333. The molecule has 0 aromatic heterocycles. The molecule has 2 amide bonds. The molecule has 1 rings (SSSR count). The number of hydrogen-bond donors (Lipinski definition) is 3. The van der Waals surface area contributed by atoms with Gasteiger partial charge in [-0.05, 0) is 12.5 Å². The number of amides is 2. The van der Waals surface area contributed by atoms with Gasteiger partial charge in [0.05, 0.1) is 6.54 Å². The number of halogens is 1. The Bertz CT molecular complexity index is 407. The fourth-order valence-electron chi connectivity index (χ4n) is 1.35. The highest BCUT2D eigenvalue weighted by molar-refractivity contribution is 5.90. The van der Waals surface area contributed by atoms with E-state index in [0.29, 0.717) is 5.56 Å². The average molecular weight is 272 g/mol. The van der Waals surface area contributed by atoms with Gasteiger partial charge in [-0.3, -0.25) is 9.59 Å². The van der Waals surface area contributed by atoms with Crippen LogP contribution in [-0.4, -0.2) is 25.4 Å². The van der Waals surface area contributed by atoms with Gasteiger partial charge in [-0.1, -0.05) is 30.3 Å². The van der Waals surface area contributed by atoms with E-state index in [-0.39, 0.29) is 30.8 Å². The molecule has 0 aliphatic rings. The van der Waals surface area contributed by atoms with Crippen LogP contribution < -0.4 is 16.4 Å². The Morgan fingerprint density at radius 2 is 1.83 bits per heavy atom. The summed E-state index contributed by atoms with van der Waals surface area (Å²) in [5, 5.41) is 4.91. The molecule has 0 saturated heterocycles. The average Bonchev–Trinajstić information content (AvgIpc) is 2.36. The Hall–Kier alpha value is -1.59. The second-order valence-electron chi connectivity index (χ2n) is 3.92. The second-order valence-corrected chi connectivity index (χ2v) is 3.92. The van der Waals surface area contributed by atoms with E-state index in [0.717, 1.165) is 0 Å². The summed E-state index contributed by atoms with van der Waals surface area (Å²) in [6.45, 7) is 1.54. The molecule has 0 radical (unpaired) electrons. The minimum atomic E-state index is -1.14. The van der Waals surface area contributed by atoms with Gasteiger partial charge in [-0.15, -0.1) is 12.4 Å². The van der Waals surface area contributed by atoms with Crippen molar-refractivity contribution in [3.8, 4) is 0 Å². The molecule has 0 saturated carbocycles. The number of likely N-dealkylation sites (N-methyl/N-ethyl adjacent to an activating group) is 1. The van der Waals surface area contributed by atoms with Crippen molar-refractivity contribution in [2.45, 2.75) is 12.5 Å². The van der Waals surface area contributed by atoms with Crippen molar-refractivity contribution in [1.82, 2.24) is 10.6 Å². The van der Waals surface area contributed by atoms with Gasteiger partial charge in [-0.2, -0.15) is 0 Å². The third-order valence-corrected chi connectivity index (χ3v) is 2.53. The first-order valence-electron chi connectivity index (χ1n) is 5.31. The van der Waals surface area contributed by atoms with Crippen molar-refractivity contribution in [1.29, 1.82) is 0 Å². The molecule has 0 heterocycles. The van der Waals surface area contributed by atoms with Gasteiger partial charge >= 0.3 is 0 Å². The normalized spacial score (nSPS) is 12.8. The summed E-state index contributed by atoms with van der Waals surface area (Å²) in [5.41, 5.74) is 5.53. The second kappa shape index (κ2) is 6.98. The molecule has 6 heteroatoms. The zero-order valence-electron chi connectivity index (χ0n) is 10.4. The van der Waals surface area contributed by atoms with Crippen LogP contribution in [-0.2, 0) is 15.1 Å². The minimum Gasteiger partial charge on any atom is -0.358 e. The summed E-state index contributed by atoms with van der Waals surface area (Å²) in [6, 6.07) is 9.03. The van der Waals surface area contributed by atoms with Gasteiger partial charge in [0.25, 0.3) is 0 Å². The monoisotopic (exact) mass is 271 g/mol. The van der Waals surface area contributed by atoms with Crippen molar-refractivity contribution in [2.24, 2.45) is 5.73 Å². The Labute approximate surface area is 113 Å². The maximum Gasteiger partial charge on any atom is 0.244 e. The molecule has 0 spiro atoms. The van der Waals surface area contributed by atoms with E-state index in [1.807, 2.05) is 18.2 Å². The van der Waals surface area contributed by atoms with Crippen LogP contribution in [0.3, 0.4) is 0 Å². The van der Waals surface area contributed by atoms with Gasteiger partial charge < -0.3 is 16.4 Å². The lowest BCUT2D eigenvalue weighted by atomic mass is 9.92. The summed E-state index contributed by atoms with van der Waals surface area (Å²) >= 11 is 0. The molecule has 18 heavy (non-hydrogen) atoms. The van der Waals surface area contributed by atoms with Crippen molar-refractivity contribution in [3.05, 3.63) is 35.9 Å². The summed E-state index contributed by atoms with van der Waals surface area (Å²) in [7, 11) is 1.51. The predicted molar refractivity (Wildman–Crippen MR) is 72.3 cm³/mol. The zero-order chi connectivity index (χ0) is 12.9. The molecule has 0 aliphatic heterocycles. The van der Waals surface area contributed by atoms with Crippen LogP contribution in [0.4, 0.5) is 0 Å². The van der Waals surface area contributed by atoms with Gasteiger partial charge in [0.15, 0.2) is 0 Å². The van der Waals surface area contributed by atoms with Crippen LogP contribution in [0, 0.1) is 0 Å². The maximum absolute atomic E-state index is 11.9. The number of nitrogens with one attached hydrogen (secondary N) is 2. The van der Waals surface area contributed by atoms with Crippen molar-refractivity contribution in [2.75, 3.05) is 13.6 Å². The molecular weight excluding hydrogens is 254 g/mol. The quantitative estimate of drug-likeness (QED) is 0.729. The topological polar surface area (TPSA) is 84.2 Å². The third kappa shape index (κ3) is 4.01. The largest absolute Gasteiger partial charge is 0.358 e. The van der Waals surface area contributed by atoms with Crippen LogP contribution in [0.1, 0.15) is 12.5 Å². The number of hydrogen-bond acceptors (Lipinski definition) is 3. The van der Waals surface area contributed by atoms with Crippen LogP contribution >= 0.6 is 12.4 Å². The number of rotatable bonds is 4. The van der Waals surface area contributed by atoms with E-state index in [1.54, 1.807) is 19.1 Å². The molecule has 0 fully saturated rings. The summed E-state index contributed by atoms with van der Waals surface area (Å²) in [4.78, 5) is 22.9. The van der Waals surface area contributed by atoms with E-state index in [4.69, 9.17) is 5.73 Å². The first-order valence-corrected chi connectivity index (χ1v) is 5.31. The number of carbonyl (C=O) groups excluding carboxylic acids is 2. The smallest absolute Gasteiger partial charge is 0.244 e. The first-order chi connectivity index (χ1) is 7.98. The van der Waals surface area contributed by atoms with Crippen LogP contribution in [0.5, 0.6) is 0 Å². The van der Waals surface area contributed by atoms with Gasteiger partial charge in [0.1, 0.15) is 5.54 Å². The highest BCUT2D eigenvalue weighted by atomic mass is 35.5. The molecule has 0 bridgehead atoms. The summed E-state index contributed by atoms with van der Waals surface area (Å²) in [5.74, 6) is -0.644. The molecular formula is C12H18ClN3O2. The van der Waals surface area contributed by atoms with Gasteiger partial charge in [-0.25, -0.2) is 0 Å². The Balaban J connectivity index is 0.00000289. The van der Waals surface area contributed by atoms with Crippen LogP contribution in [0.2, 0.25) is 0 Å². The molecule has 1 unspecified atom stereocenters. The molecule has 1 aromatic carbocycles. The predicted octanol–water partition coefficient (Wildman–Crippen LogP) is 0.145. The van der Waals surface area contributed by atoms with E-state index in [2.05, 4.69) is 10.6 Å². The van der Waals surface area contributed by atoms with E-state index in [1.165, 1.54) is 7.05 Å². The van der Waals surface area contributed by atoms with Crippen molar-refractivity contribution < 1.29 is 9.59 Å². The van der Waals surface area contributed by atoms with Crippen LogP contribution in [0.25, 0.3) is 0 Å². The third-order valence-electron chi connectivity index (χ3n) is 2.53. The Morgan fingerprint density at radius 3 is 2.33 bits per heavy atom. The molecule has 1 atom stereocenters. The lowest BCUT2D eigenvalue weighted by Gasteiger charge is -2.23. The summed E-state index contributed by atoms with van der Waals surface area (Å²) < 4.78 is 0. The summed E-state index contributed by atoms with van der Waals surface area (Å²) in [6.07, 6.45) is 0. The lowest BCUT2D eigenvalue weighted by Crippen LogP contribution is -2.51. The van der Waals surface area contributed by atoms with Gasteiger partial charge in [0.2, 0.25) is 11.8 Å². The van der Waals surface area contributed by atoms with E-state index >= 15 is 0 Å². The molecule has 100 valence electrons. The first kappa shape index (κ1) is 16.4. The number of carbonyl (C=O) groups is 2.